The second-order valence-electron chi connectivity index (χ2n) is 6.53. The SMILES string of the molecule is CN1C(=O)C[C@@](C)(c2cccc(-c3cccc(C(F)(F)F)c3)c2)N=C1N. The third kappa shape index (κ3) is 3.29. The van der Waals surface area contributed by atoms with Crippen LogP contribution < -0.4 is 5.73 Å². The first-order valence-electron chi connectivity index (χ1n) is 8.00. The molecule has 3 rings (SSSR count). The molecule has 1 aliphatic rings. The average Bonchev–Trinajstić information content (AvgIpc) is 2.59. The number of hydrogen-bond donors (Lipinski definition) is 1. The van der Waals surface area contributed by atoms with Crippen LogP contribution in [0.1, 0.15) is 24.5 Å². The molecule has 26 heavy (non-hydrogen) atoms. The van der Waals surface area contributed by atoms with Crippen LogP contribution in [-0.2, 0) is 16.5 Å². The molecule has 0 bridgehead atoms. The minimum atomic E-state index is -4.40. The first kappa shape index (κ1) is 18.0. The molecule has 0 spiro atoms. The van der Waals surface area contributed by atoms with Gasteiger partial charge in [-0.15, -0.1) is 0 Å². The van der Waals surface area contributed by atoms with Gasteiger partial charge in [0.2, 0.25) is 5.91 Å². The van der Waals surface area contributed by atoms with Crippen LogP contribution in [0.5, 0.6) is 0 Å². The predicted octanol–water partition coefficient (Wildman–Crippen LogP) is 3.76. The third-order valence-electron chi connectivity index (χ3n) is 4.58. The van der Waals surface area contributed by atoms with Crippen LogP contribution in [-0.4, -0.2) is 23.8 Å². The number of aliphatic imine (C=N–C) groups is 1. The lowest BCUT2D eigenvalue weighted by Crippen LogP contribution is -2.47. The number of hydrogen-bond acceptors (Lipinski definition) is 3. The zero-order valence-corrected chi connectivity index (χ0v) is 14.3. The quantitative estimate of drug-likeness (QED) is 0.885. The summed E-state index contributed by atoms with van der Waals surface area (Å²) in [5, 5.41) is 0. The first-order valence-corrected chi connectivity index (χ1v) is 8.00. The summed E-state index contributed by atoms with van der Waals surface area (Å²) in [6.45, 7) is 1.79. The van der Waals surface area contributed by atoms with E-state index >= 15 is 0 Å². The zero-order chi connectivity index (χ0) is 19.1. The van der Waals surface area contributed by atoms with Crippen molar-refractivity contribution >= 4 is 11.9 Å². The number of carbonyl (C=O) groups excluding carboxylic acids is 1. The van der Waals surface area contributed by atoms with Crippen molar-refractivity contribution in [2.75, 3.05) is 7.05 Å². The highest BCUT2D eigenvalue weighted by atomic mass is 19.4. The Morgan fingerprint density at radius 2 is 1.73 bits per heavy atom. The van der Waals surface area contributed by atoms with Gasteiger partial charge < -0.3 is 5.73 Å². The van der Waals surface area contributed by atoms with Crippen molar-refractivity contribution in [1.29, 1.82) is 0 Å². The lowest BCUT2D eigenvalue weighted by atomic mass is 9.86. The summed E-state index contributed by atoms with van der Waals surface area (Å²) in [5.74, 6) is -0.0438. The summed E-state index contributed by atoms with van der Waals surface area (Å²) in [6.07, 6.45) is -4.27. The number of nitrogens with two attached hydrogens (primary N) is 1. The van der Waals surface area contributed by atoms with E-state index in [1.165, 1.54) is 11.0 Å². The second kappa shape index (κ2) is 6.16. The van der Waals surface area contributed by atoms with Gasteiger partial charge in [-0.3, -0.25) is 9.69 Å². The van der Waals surface area contributed by atoms with Gasteiger partial charge in [0.1, 0.15) is 0 Å². The van der Waals surface area contributed by atoms with E-state index in [4.69, 9.17) is 5.73 Å². The maximum Gasteiger partial charge on any atom is 0.416 e. The van der Waals surface area contributed by atoms with Gasteiger partial charge in [0.25, 0.3) is 0 Å². The largest absolute Gasteiger partial charge is 0.416 e. The van der Waals surface area contributed by atoms with Crippen molar-refractivity contribution in [3.63, 3.8) is 0 Å². The number of guanidine groups is 1. The molecule has 0 unspecified atom stereocenters. The molecule has 7 heteroatoms. The predicted molar refractivity (Wildman–Crippen MR) is 93.2 cm³/mol. The summed E-state index contributed by atoms with van der Waals surface area (Å²) in [4.78, 5) is 17.9. The maximum absolute atomic E-state index is 13.0. The van der Waals surface area contributed by atoms with Gasteiger partial charge in [0, 0.05) is 7.05 Å². The van der Waals surface area contributed by atoms with Crippen molar-refractivity contribution in [2.45, 2.75) is 25.1 Å². The fourth-order valence-electron chi connectivity index (χ4n) is 2.98. The summed E-state index contributed by atoms with van der Waals surface area (Å²) in [6, 6.07) is 12.2. The second-order valence-corrected chi connectivity index (χ2v) is 6.53. The molecule has 0 aromatic heterocycles. The Labute approximate surface area is 149 Å². The molecule has 4 nitrogen and oxygen atoms in total. The Kier molecular flexibility index (Phi) is 4.26. The number of rotatable bonds is 2. The van der Waals surface area contributed by atoms with Crippen molar-refractivity contribution in [2.24, 2.45) is 10.7 Å². The Morgan fingerprint density at radius 3 is 2.35 bits per heavy atom. The molecule has 1 aliphatic heterocycles. The number of benzene rings is 2. The van der Waals surface area contributed by atoms with Crippen molar-refractivity contribution in [3.8, 4) is 11.1 Å². The van der Waals surface area contributed by atoms with Crippen LogP contribution in [0.15, 0.2) is 53.5 Å². The van der Waals surface area contributed by atoms with E-state index in [0.29, 0.717) is 11.1 Å². The van der Waals surface area contributed by atoms with E-state index in [1.807, 2.05) is 0 Å². The van der Waals surface area contributed by atoms with Crippen LogP contribution >= 0.6 is 0 Å². The van der Waals surface area contributed by atoms with Gasteiger partial charge in [-0.1, -0.05) is 30.3 Å². The van der Waals surface area contributed by atoms with Gasteiger partial charge in [-0.2, -0.15) is 13.2 Å². The molecule has 0 fully saturated rings. The fraction of sp³-hybridized carbons (Fsp3) is 0.263. The first-order chi connectivity index (χ1) is 12.1. The minimum absolute atomic E-state index is 0.119. The van der Waals surface area contributed by atoms with Gasteiger partial charge >= 0.3 is 6.18 Å². The minimum Gasteiger partial charge on any atom is -0.369 e. The van der Waals surface area contributed by atoms with Crippen molar-refractivity contribution in [1.82, 2.24) is 4.90 Å². The summed E-state index contributed by atoms with van der Waals surface area (Å²) >= 11 is 0. The molecule has 2 aromatic carbocycles. The lowest BCUT2D eigenvalue weighted by molar-refractivity contribution is -0.137. The van der Waals surface area contributed by atoms with Crippen LogP contribution in [0.3, 0.4) is 0 Å². The van der Waals surface area contributed by atoms with E-state index in [2.05, 4.69) is 4.99 Å². The van der Waals surface area contributed by atoms with Gasteiger partial charge in [0.15, 0.2) is 5.96 Å². The van der Waals surface area contributed by atoms with Crippen LogP contribution in [0.4, 0.5) is 13.2 Å². The summed E-state index contributed by atoms with van der Waals surface area (Å²) in [5.41, 5.74) is 6.05. The molecule has 1 heterocycles. The molecular weight excluding hydrogens is 343 g/mol. The van der Waals surface area contributed by atoms with Gasteiger partial charge in [0.05, 0.1) is 17.5 Å². The number of carbonyl (C=O) groups is 1. The summed E-state index contributed by atoms with van der Waals surface area (Å²) in [7, 11) is 1.56. The normalized spacial score (nSPS) is 20.9. The molecule has 0 radical (unpaired) electrons. The Balaban J connectivity index is 2.04. The van der Waals surface area contributed by atoms with E-state index in [1.54, 1.807) is 44.3 Å². The van der Waals surface area contributed by atoms with E-state index in [0.717, 1.165) is 17.7 Å². The molecular formula is C19H18F3N3O. The van der Waals surface area contributed by atoms with E-state index in [-0.39, 0.29) is 18.3 Å². The van der Waals surface area contributed by atoms with E-state index in [9.17, 15) is 18.0 Å². The molecule has 2 N–H and O–H groups in total. The smallest absolute Gasteiger partial charge is 0.369 e. The monoisotopic (exact) mass is 361 g/mol. The highest BCUT2D eigenvalue weighted by Crippen LogP contribution is 2.36. The number of nitrogens with zero attached hydrogens (tertiary/aromatic N) is 2. The molecule has 1 atom stereocenters. The molecule has 136 valence electrons. The number of halogens is 3. The highest BCUT2D eigenvalue weighted by molar-refractivity contribution is 5.98. The van der Waals surface area contributed by atoms with Crippen LogP contribution in [0.25, 0.3) is 11.1 Å². The standard InChI is InChI=1S/C19H18F3N3O/c1-18(11-16(26)25(2)17(23)24-18)14-7-3-5-12(9-14)13-6-4-8-15(10-13)19(20,21)22/h3-10H,11H2,1-2H3,(H2,23,24)/t18-/m0/s1. The molecule has 0 saturated carbocycles. The van der Waals surface area contributed by atoms with Crippen molar-refractivity contribution < 1.29 is 18.0 Å². The van der Waals surface area contributed by atoms with Gasteiger partial charge in [-0.05, 0) is 41.8 Å². The van der Waals surface area contributed by atoms with Crippen molar-refractivity contribution in [3.05, 3.63) is 59.7 Å². The van der Waals surface area contributed by atoms with Crippen LogP contribution in [0.2, 0.25) is 0 Å². The molecule has 0 saturated heterocycles. The third-order valence-corrected chi connectivity index (χ3v) is 4.58. The Bertz CT molecular complexity index is 892. The summed E-state index contributed by atoms with van der Waals surface area (Å²) < 4.78 is 38.9. The fourth-order valence-corrected chi connectivity index (χ4v) is 2.98. The zero-order valence-electron chi connectivity index (χ0n) is 14.3. The highest BCUT2D eigenvalue weighted by Gasteiger charge is 2.36. The lowest BCUT2D eigenvalue weighted by Gasteiger charge is -2.33. The Morgan fingerprint density at radius 1 is 1.12 bits per heavy atom. The Hall–Kier alpha value is -2.83. The topological polar surface area (TPSA) is 58.7 Å². The number of alkyl halides is 3. The van der Waals surface area contributed by atoms with Gasteiger partial charge in [-0.25, -0.2) is 4.99 Å². The molecule has 1 amide bonds. The molecule has 2 aromatic rings. The maximum atomic E-state index is 13.0. The molecule has 0 aliphatic carbocycles. The average molecular weight is 361 g/mol. The number of amides is 1. The van der Waals surface area contributed by atoms with Crippen LogP contribution in [0, 0.1) is 0 Å². The van der Waals surface area contributed by atoms with E-state index < -0.39 is 17.3 Å².